The molecule has 0 atom stereocenters. The van der Waals surface area contributed by atoms with Crippen molar-refractivity contribution in [2.24, 2.45) is 0 Å². The number of imidazole rings is 1. The molecule has 0 radical (unpaired) electrons. The summed E-state index contributed by atoms with van der Waals surface area (Å²) in [5.41, 5.74) is 4.30. The summed E-state index contributed by atoms with van der Waals surface area (Å²) in [6, 6.07) is 4.96. The highest BCUT2D eigenvalue weighted by Crippen LogP contribution is 2.28. The lowest BCUT2D eigenvalue weighted by molar-refractivity contribution is 0.415. The minimum Gasteiger partial charge on any atom is -0.497 e. The van der Waals surface area contributed by atoms with E-state index >= 15 is 0 Å². The Morgan fingerprint density at radius 2 is 2.27 bits per heavy atom. The first kappa shape index (κ1) is 11.8. The SMILES string of the molecule is [2H]C([2H])([2H])Oc1ccc2[nH]c(SCc3ncc(C)c(Cl)c3C)nc2c1. The number of rotatable bonds is 4. The molecular formula is C16H16ClN3OS. The predicted molar refractivity (Wildman–Crippen MR) is 90.9 cm³/mol. The molecule has 0 saturated heterocycles. The van der Waals surface area contributed by atoms with Gasteiger partial charge in [0.1, 0.15) is 5.75 Å². The predicted octanol–water partition coefficient (Wildman–Crippen LogP) is 4.53. The molecule has 0 saturated carbocycles. The molecule has 0 bridgehead atoms. The van der Waals surface area contributed by atoms with Gasteiger partial charge in [-0.15, -0.1) is 0 Å². The van der Waals surface area contributed by atoms with Crippen molar-refractivity contribution in [3.8, 4) is 5.75 Å². The highest BCUT2D eigenvalue weighted by atomic mass is 35.5. The standard InChI is InChI=1S/C16H16ClN3OS/c1-9-7-18-14(10(2)15(9)17)8-22-16-19-12-5-4-11(21-3)6-13(12)20-16/h4-7H,8H2,1-3H3,(H,19,20)/i3D3. The van der Waals surface area contributed by atoms with E-state index in [4.69, 9.17) is 20.5 Å². The normalized spacial score (nSPS) is 13.7. The Hall–Kier alpha value is -1.72. The third-order valence-corrected chi connectivity index (χ3v) is 4.88. The molecule has 22 heavy (non-hydrogen) atoms. The average Bonchev–Trinajstić information content (AvgIpc) is 2.92. The molecule has 0 unspecified atom stereocenters. The van der Waals surface area contributed by atoms with Crippen molar-refractivity contribution in [2.75, 3.05) is 7.04 Å². The second-order valence-electron chi connectivity index (χ2n) is 4.94. The monoisotopic (exact) mass is 336 g/mol. The fourth-order valence-corrected chi connectivity index (χ4v) is 3.19. The molecule has 4 nitrogen and oxygen atoms in total. The highest BCUT2D eigenvalue weighted by Gasteiger charge is 2.10. The molecule has 3 aromatic rings. The first-order valence-electron chi connectivity index (χ1n) is 8.15. The zero-order valence-electron chi connectivity index (χ0n) is 15.1. The summed E-state index contributed by atoms with van der Waals surface area (Å²) in [7, 11) is -2.48. The Labute approximate surface area is 142 Å². The maximum atomic E-state index is 7.16. The van der Waals surface area contributed by atoms with E-state index in [1.807, 2.05) is 13.8 Å². The molecule has 6 heteroatoms. The highest BCUT2D eigenvalue weighted by molar-refractivity contribution is 7.98. The average molecular weight is 337 g/mol. The number of pyridine rings is 1. The number of halogens is 1. The fraction of sp³-hybridized carbons (Fsp3) is 0.250. The van der Waals surface area contributed by atoms with E-state index in [9.17, 15) is 0 Å². The van der Waals surface area contributed by atoms with Gasteiger partial charge in [0.25, 0.3) is 0 Å². The number of aryl methyl sites for hydroxylation is 1. The van der Waals surface area contributed by atoms with Crippen LogP contribution in [0.3, 0.4) is 0 Å². The molecule has 0 amide bonds. The van der Waals surface area contributed by atoms with Crippen molar-refractivity contribution < 1.29 is 8.85 Å². The number of hydrogen-bond acceptors (Lipinski definition) is 4. The van der Waals surface area contributed by atoms with Gasteiger partial charge in [-0.25, -0.2) is 4.98 Å². The van der Waals surface area contributed by atoms with Gasteiger partial charge in [0.05, 0.1) is 27.9 Å². The molecule has 0 aliphatic carbocycles. The smallest absolute Gasteiger partial charge is 0.166 e. The number of aromatic nitrogens is 3. The topological polar surface area (TPSA) is 50.8 Å². The molecule has 1 aromatic carbocycles. The number of hydrogen-bond donors (Lipinski definition) is 1. The van der Waals surface area contributed by atoms with Gasteiger partial charge in [-0.3, -0.25) is 4.98 Å². The van der Waals surface area contributed by atoms with Crippen molar-refractivity contribution in [2.45, 2.75) is 24.8 Å². The summed E-state index contributed by atoms with van der Waals surface area (Å²) in [6.45, 7) is 3.88. The van der Waals surface area contributed by atoms with Crippen LogP contribution in [0.4, 0.5) is 0 Å². The Bertz CT molecular complexity index is 927. The second-order valence-corrected chi connectivity index (χ2v) is 6.28. The van der Waals surface area contributed by atoms with Crippen molar-refractivity contribution in [1.29, 1.82) is 0 Å². The molecule has 2 aromatic heterocycles. The van der Waals surface area contributed by atoms with Gasteiger partial charge in [-0.2, -0.15) is 0 Å². The van der Waals surface area contributed by atoms with E-state index in [1.165, 1.54) is 11.8 Å². The van der Waals surface area contributed by atoms with E-state index in [-0.39, 0.29) is 5.75 Å². The summed E-state index contributed by atoms with van der Waals surface area (Å²) >= 11 is 7.77. The number of nitrogens with one attached hydrogen (secondary N) is 1. The van der Waals surface area contributed by atoms with Crippen LogP contribution in [-0.2, 0) is 5.75 Å². The van der Waals surface area contributed by atoms with Gasteiger partial charge in [-0.1, -0.05) is 23.4 Å². The molecule has 114 valence electrons. The summed E-state index contributed by atoms with van der Waals surface area (Å²) in [5, 5.41) is 1.46. The van der Waals surface area contributed by atoms with Crippen LogP contribution < -0.4 is 4.74 Å². The lowest BCUT2D eigenvalue weighted by Crippen LogP contribution is -1.95. The third kappa shape index (κ3) is 2.91. The van der Waals surface area contributed by atoms with Crippen LogP contribution in [0.15, 0.2) is 29.6 Å². The summed E-state index contributed by atoms with van der Waals surface area (Å²) in [5.74, 6) is 0.892. The van der Waals surface area contributed by atoms with Crippen molar-refractivity contribution in [3.05, 3.63) is 46.2 Å². The van der Waals surface area contributed by atoms with Crippen LogP contribution in [0.25, 0.3) is 11.0 Å². The maximum absolute atomic E-state index is 7.16. The van der Waals surface area contributed by atoms with Crippen LogP contribution in [-0.4, -0.2) is 22.0 Å². The summed E-state index contributed by atoms with van der Waals surface area (Å²) in [6.07, 6.45) is 1.77. The first-order chi connectivity index (χ1) is 11.7. The number of thioether (sulfide) groups is 1. The molecular weight excluding hydrogens is 318 g/mol. The van der Waals surface area contributed by atoms with Gasteiger partial charge >= 0.3 is 0 Å². The third-order valence-electron chi connectivity index (χ3n) is 3.42. The Kier molecular flexibility index (Phi) is 3.32. The Morgan fingerprint density at radius 1 is 1.41 bits per heavy atom. The fourth-order valence-electron chi connectivity index (χ4n) is 2.13. The van der Waals surface area contributed by atoms with Crippen LogP contribution in [0, 0.1) is 13.8 Å². The number of methoxy groups -OCH3 is 1. The zero-order chi connectivity index (χ0) is 18.2. The van der Waals surface area contributed by atoms with Crippen molar-refractivity contribution in [1.82, 2.24) is 15.0 Å². The van der Waals surface area contributed by atoms with Crippen LogP contribution in [0.5, 0.6) is 5.75 Å². The molecule has 0 aliphatic heterocycles. The zero-order valence-corrected chi connectivity index (χ0v) is 13.7. The number of benzene rings is 1. The van der Waals surface area contributed by atoms with Crippen LogP contribution >= 0.6 is 23.4 Å². The molecule has 3 rings (SSSR count). The number of fused-ring (bicyclic) bond motifs is 1. The molecule has 1 N–H and O–H groups in total. The largest absolute Gasteiger partial charge is 0.497 e. The lowest BCUT2D eigenvalue weighted by Gasteiger charge is -2.07. The number of ether oxygens (including phenoxy) is 1. The number of H-pyrrole nitrogens is 1. The van der Waals surface area contributed by atoms with E-state index in [2.05, 4.69) is 15.0 Å². The van der Waals surface area contributed by atoms with E-state index in [0.29, 0.717) is 11.3 Å². The molecule has 2 heterocycles. The molecule has 0 fully saturated rings. The van der Waals surface area contributed by atoms with E-state index < -0.39 is 7.04 Å². The Balaban J connectivity index is 1.77. The minimum atomic E-state index is -2.48. The second kappa shape index (κ2) is 6.18. The minimum absolute atomic E-state index is 0.262. The van der Waals surface area contributed by atoms with Crippen LogP contribution in [0.1, 0.15) is 20.9 Å². The van der Waals surface area contributed by atoms with Gasteiger partial charge < -0.3 is 9.72 Å². The quantitative estimate of drug-likeness (QED) is 0.711. The maximum Gasteiger partial charge on any atom is 0.166 e. The van der Waals surface area contributed by atoms with Crippen LogP contribution in [0.2, 0.25) is 5.02 Å². The van der Waals surface area contributed by atoms with Gasteiger partial charge in [-0.05, 0) is 37.1 Å². The van der Waals surface area contributed by atoms with Gasteiger partial charge in [0.2, 0.25) is 0 Å². The van der Waals surface area contributed by atoms with E-state index in [0.717, 1.165) is 32.5 Å². The van der Waals surface area contributed by atoms with Gasteiger partial charge in [0.15, 0.2) is 5.16 Å². The molecule has 0 spiro atoms. The molecule has 0 aliphatic rings. The number of nitrogens with zero attached hydrogens (tertiary/aromatic N) is 2. The first-order valence-corrected chi connectivity index (χ1v) is 8.01. The summed E-state index contributed by atoms with van der Waals surface area (Å²) in [4.78, 5) is 12.1. The van der Waals surface area contributed by atoms with Crippen molar-refractivity contribution in [3.63, 3.8) is 0 Å². The number of aromatic amines is 1. The lowest BCUT2D eigenvalue weighted by atomic mass is 10.2. The van der Waals surface area contributed by atoms with Crippen molar-refractivity contribution >= 4 is 34.4 Å². The van der Waals surface area contributed by atoms with Gasteiger partial charge in [0, 0.05) is 23.0 Å². The van der Waals surface area contributed by atoms with E-state index in [1.54, 1.807) is 24.4 Å². The Morgan fingerprint density at radius 3 is 3.09 bits per heavy atom. The summed E-state index contributed by atoms with van der Waals surface area (Å²) < 4.78 is 26.4.